The summed E-state index contributed by atoms with van der Waals surface area (Å²) in [4.78, 5) is 60.1. The molecule has 3 amide bonds. The van der Waals surface area contributed by atoms with Crippen LogP contribution in [-0.2, 0) is 20.9 Å². The Morgan fingerprint density at radius 2 is 1.60 bits per heavy atom. The van der Waals surface area contributed by atoms with Gasteiger partial charge in [0.15, 0.2) is 0 Å². The van der Waals surface area contributed by atoms with Gasteiger partial charge >= 0.3 is 4.87 Å². The molecule has 40 heavy (non-hydrogen) atoms. The first-order chi connectivity index (χ1) is 19.2. The van der Waals surface area contributed by atoms with Crippen molar-refractivity contribution in [2.75, 3.05) is 37.0 Å². The Kier molecular flexibility index (Phi) is 7.08. The average molecular weight is 577 g/mol. The lowest BCUT2D eigenvalue weighted by molar-refractivity contribution is -0.133. The van der Waals surface area contributed by atoms with Crippen LogP contribution in [-0.4, -0.2) is 59.6 Å². The van der Waals surface area contributed by atoms with Gasteiger partial charge < -0.3 is 9.80 Å². The number of benzene rings is 2. The molecule has 0 aliphatic carbocycles. The third kappa shape index (κ3) is 4.56. The van der Waals surface area contributed by atoms with Gasteiger partial charge in [-0.2, -0.15) is 0 Å². The minimum atomic E-state index is -0.690. The van der Waals surface area contributed by atoms with Crippen LogP contribution in [0, 0.1) is 12.8 Å². The molecule has 0 N–H and O–H groups in total. The molecule has 3 aliphatic rings. The second-order valence-electron chi connectivity index (χ2n) is 10.9. The molecule has 208 valence electrons. The van der Waals surface area contributed by atoms with Gasteiger partial charge in [0.05, 0.1) is 16.6 Å². The van der Waals surface area contributed by atoms with Crippen molar-refractivity contribution in [2.45, 2.75) is 48.9 Å². The van der Waals surface area contributed by atoms with E-state index in [4.69, 9.17) is 0 Å². The minimum Gasteiger partial charge on any atom is -0.378 e. The zero-order valence-corrected chi connectivity index (χ0v) is 24.5. The second-order valence-corrected chi connectivity index (χ2v) is 13.1. The van der Waals surface area contributed by atoms with Crippen molar-refractivity contribution < 1.29 is 14.4 Å². The van der Waals surface area contributed by atoms with Gasteiger partial charge in [-0.3, -0.25) is 23.7 Å². The largest absolute Gasteiger partial charge is 0.378 e. The standard InChI is InChI=1S/C30H32N4O4S2/c1-18-7-11-21(12-8-18)34-27(36)24-23(19-9-13-20(14-10-19)31(2)3)26-29(39-25(24)28(34)37)33(30(38)40-26)17-22(35)32-15-5-4-6-16-32/h7-14,23-25H,4-6,15-17H2,1-3H3/t23-,24-,25+/m0/s1. The van der Waals surface area contributed by atoms with E-state index in [1.165, 1.54) is 21.2 Å². The second kappa shape index (κ2) is 10.6. The van der Waals surface area contributed by atoms with E-state index in [0.29, 0.717) is 23.8 Å². The number of likely N-dealkylation sites (tertiary alicyclic amines) is 1. The fourth-order valence-corrected chi connectivity index (χ4v) is 8.69. The molecule has 2 aromatic carbocycles. The monoisotopic (exact) mass is 576 g/mol. The summed E-state index contributed by atoms with van der Waals surface area (Å²) >= 11 is 2.36. The van der Waals surface area contributed by atoms with Crippen molar-refractivity contribution in [1.82, 2.24) is 9.47 Å². The summed E-state index contributed by atoms with van der Waals surface area (Å²) in [7, 11) is 3.93. The molecule has 0 unspecified atom stereocenters. The third-order valence-electron chi connectivity index (χ3n) is 8.11. The van der Waals surface area contributed by atoms with Gasteiger partial charge in [-0.25, -0.2) is 4.90 Å². The molecule has 3 aliphatic heterocycles. The van der Waals surface area contributed by atoms with Crippen LogP contribution >= 0.6 is 23.1 Å². The van der Waals surface area contributed by atoms with Crippen molar-refractivity contribution >= 4 is 52.2 Å². The summed E-state index contributed by atoms with van der Waals surface area (Å²) in [6.07, 6.45) is 3.05. The predicted octanol–water partition coefficient (Wildman–Crippen LogP) is 4.09. The van der Waals surface area contributed by atoms with Gasteiger partial charge in [0.1, 0.15) is 11.8 Å². The normalized spacial score (nSPS) is 22.3. The Balaban J connectivity index is 1.43. The minimum absolute atomic E-state index is 0.0504. The lowest BCUT2D eigenvalue weighted by Crippen LogP contribution is -2.39. The molecule has 2 saturated heterocycles. The summed E-state index contributed by atoms with van der Waals surface area (Å²) in [5, 5.41) is -0.0552. The average Bonchev–Trinajstić information content (AvgIpc) is 3.40. The number of anilines is 2. The molecule has 3 atom stereocenters. The zero-order valence-electron chi connectivity index (χ0n) is 22.8. The fourth-order valence-electron chi connectivity index (χ4n) is 5.92. The number of nitrogens with zero attached hydrogens (tertiary/aromatic N) is 4. The van der Waals surface area contributed by atoms with Gasteiger partial charge in [0.2, 0.25) is 17.7 Å². The summed E-state index contributed by atoms with van der Waals surface area (Å²) in [5.41, 5.74) is 3.49. The molecular weight excluding hydrogens is 544 g/mol. The van der Waals surface area contributed by atoms with Crippen LogP contribution in [0.15, 0.2) is 58.4 Å². The smallest absolute Gasteiger partial charge is 0.308 e. The van der Waals surface area contributed by atoms with E-state index in [1.807, 2.05) is 67.2 Å². The van der Waals surface area contributed by atoms with Crippen LogP contribution in [0.25, 0.3) is 0 Å². The maximum Gasteiger partial charge on any atom is 0.308 e. The van der Waals surface area contributed by atoms with Crippen LogP contribution in [0.1, 0.15) is 41.2 Å². The first kappa shape index (κ1) is 26.8. The number of thiazole rings is 1. The van der Waals surface area contributed by atoms with Crippen LogP contribution < -0.4 is 14.7 Å². The van der Waals surface area contributed by atoms with Crippen molar-refractivity contribution in [3.8, 4) is 0 Å². The van der Waals surface area contributed by atoms with Crippen LogP contribution in [0.5, 0.6) is 0 Å². The van der Waals surface area contributed by atoms with Gasteiger partial charge in [0, 0.05) is 43.7 Å². The molecule has 2 fully saturated rings. The Hall–Kier alpha value is -3.37. The predicted molar refractivity (Wildman–Crippen MR) is 158 cm³/mol. The van der Waals surface area contributed by atoms with Crippen molar-refractivity contribution in [2.24, 2.45) is 5.92 Å². The van der Waals surface area contributed by atoms with Gasteiger partial charge in [0.25, 0.3) is 0 Å². The number of hydrogen-bond donors (Lipinski definition) is 0. The Labute approximate surface area is 241 Å². The number of hydrogen-bond acceptors (Lipinski definition) is 7. The molecule has 1 aromatic heterocycles. The maximum atomic E-state index is 14.0. The number of amides is 3. The summed E-state index contributed by atoms with van der Waals surface area (Å²) in [5.74, 6) is -1.73. The maximum absolute atomic E-state index is 14.0. The number of fused-ring (bicyclic) bond motifs is 2. The van der Waals surface area contributed by atoms with Crippen LogP contribution in [0.3, 0.4) is 0 Å². The lowest BCUT2D eigenvalue weighted by Gasteiger charge is -2.31. The van der Waals surface area contributed by atoms with E-state index in [2.05, 4.69) is 0 Å². The Morgan fingerprint density at radius 3 is 2.25 bits per heavy atom. The number of thioether (sulfide) groups is 1. The number of carbonyl (C=O) groups excluding carboxylic acids is 3. The lowest BCUT2D eigenvalue weighted by atomic mass is 9.83. The number of aromatic nitrogens is 1. The molecule has 6 rings (SSSR count). The van der Waals surface area contributed by atoms with E-state index in [9.17, 15) is 19.2 Å². The van der Waals surface area contributed by atoms with Crippen molar-refractivity contribution in [3.05, 3.63) is 74.2 Å². The van der Waals surface area contributed by atoms with E-state index < -0.39 is 17.1 Å². The molecule has 0 bridgehead atoms. The molecule has 0 spiro atoms. The van der Waals surface area contributed by atoms with Crippen molar-refractivity contribution in [3.63, 3.8) is 0 Å². The SMILES string of the molecule is Cc1ccc(N2C(=O)[C@H]3[C@H](c4ccc(N(C)C)cc4)c4sc(=O)n(CC(=O)N5CCCCC5)c4S[C@H]3C2=O)cc1. The number of aryl methyl sites for hydroxylation is 1. The first-order valence-electron chi connectivity index (χ1n) is 13.6. The number of imide groups is 1. The highest BCUT2D eigenvalue weighted by Crippen LogP contribution is 2.54. The molecule has 8 nitrogen and oxygen atoms in total. The van der Waals surface area contributed by atoms with Crippen LogP contribution in [0.4, 0.5) is 11.4 Å². The molecule has 10 heteroatoms. The highest BCUT2D eigenvalue weighted by atomic mass is 32.2. The topological polar surface area (TPSA) is 82.9 Å². The highest BCUT2D eigenvalue weighted by molar-refractivity contribution is 8.00. The number of rotatable bonds is 5. The van der Waals surface area contributed by atoms with E-state index >= 15 is 0 Å². The van der Waals surface area contributed by atoms with Gasteiger partial charge in [-0.05, 0) is 56.0 Å². The molecule has 0 radical (unpaired) electrons. The third-order valence-corrected chi connectivity index (χ3v) is 10.7. The molecular formula is C30H32N4O4S2. The van der Waals surface area contributed by atoms with Gasteiger partial charge in [-0.15, -0.1) is 0 Å². The van der Waals surface area contributed by atoms with E-state index in [-0.39, 0.29) is 29.1 Å². The fraction of sp³-hybridized carbons (Fsp3) is 0.400. The molecule has 0 saturated carbocycles. The van der Waals surface area contributed by atoms with Gasteiger partial charge in [-0.1, -0.05) is 52.9 Å². The van der Waals surface area contributed by atoms with E-state index in [0.717, 1.165) is 52.3 Å². The quantitative estimate of drug-likeness (QED) is 0.426. The molecule has 3 aromatic rings. The Bertz CT molecular complexity index is 1520. The van der Waals surface area contributed by atoms with Crippen molar-refractivity contribution in [1.29, 1.82) is 0 Å². The summed E-state index contributed by atoms with van der Waals surface area (Å²) in [6, 6.07) is 15.3. The Morgan fingerprint density at radius 1 is 0.925 bits per heavy atom. The summed E-state index contributed by atoms with van der Waals surface area (Å²) in [6.45, 7) is 3.32. The highest BCUT2D eigenvalue weighted by Gasteiger charge is 2.56. The summed E-state index contributed by atoms with van der Waals surface area (Å²) < 4.78 is 1.53. The van der Waals surface area contributed by atoms with Crippen LogP contribution in [0.2, 0.25) is 0 Å². The first-order valence-corrected chi connectivity index (χ1v) is 15.3. The van der Waals surface area contributed by atoms with E-state index in [1.54, 1.807) is 12.1 Å². The number of piperidine rings is 1. The zero-order chi connectivity index (χ0) is 28.1. The molecule has 4 heterocycles. The number of carbonyl (C=O) groups is 3.